The first-order valence-corrected chi connectivity index (χ1v) is 5.69. The van der Waals surface area contributed by atoms with Crippen molar-refractivity contribution < 1.29 is 4.79 Å². The largest absolute Gasteiger partial charge is 0.281 e. The Hall–Kier alpha value is -0.0400. The molecule has 0 N–H and O–H groups in total. The summed E-state index contributed by atoms with van der Waals surface area (Å²) in [6.07, 6.45) is 7.86. The number of halogens is 1. The van der Waals surface area contributed by atoms with E-state index in [1.807, 2.05) is 0 Å². The molecule has 78 valence electrons. The molecule has 0 aromatic heterocycles. The molecule has 0 rings (SSSR count). The molecule has 0 bridgehead atoms. The van der Waals surface area contributed by atoms with E-state index in [0.29, 0.717) is 6.42 Å². The second kappa shape index (κ2) is 8.55. The summed E-state index contributed by atoms with van der Waals surface area (Å²) in [5, 5.41) is -0.192. The number of rotatable bonds is 8. The van der Waals surface area contributed by atoms with Crippen LogP contribution in [0.5, 0.6) is 0 Å². The first kappa shape index (κ1) is 13.0. The highest BCUT2D eigenvalue weighted by molar-refractivity contribution is 6.63. The molecule has 0 aliphatic heterocycles. The Morgan fingerprint density at radius 1 is 1.08 bits per heavy atom. The van der Waals surface area contributed by atoms with Crippen molar-refractivity contribution in [1.29, 1.82) is 0 Å². The van der Waals surface area contributed by atoms with Crippen LogP contribution in [0, 0.1) is 5.92 Å². The molecule has 0 atom stereocenters. The van der Waals surface area contributed by atoms with E-state index in [9.17, 15) is 4.79 Å². The van der Waals surface area contributed by atoms with Gasteiger partial charge in [0.2, 0.25) is 5.24 Å². The zero-order valence-corrected chi connectivity index (χ0v) is 9.57. The standard InChI is InChI=1S/C11H21ClO/c1-10(2)8-6-4-3-5-7-9-11(12)13/h10H,3-9H2,1-2H3. The van der Waals surface area contributed by atoms with E-state index in [0.717, 1.165) is 18.8 Å². The van der Waals surface area contributed by atoms with Gasteiger partial charge in [-0.2, -0.15) is 0 Å². The van der Waals surface area contributed by atoms with Gasteiger partial charge in [-0.15, -0.1) is 0 Å². The van der Waals surface area contributed by atoms with Crippen molar-refractivity contribution in [2.75, 3.05) is 0 Å². The fourth-order valence-corrected chi connectivity index (χ4v) is 1.48. The molecule has 1 nitrogen and oxygen atoms in total. The summed E-state index contributed by atoms with van der Waals surface area (Å²) in [4.78, 5) is 10.4. The lowest BCUT2D eigenvalue weighted by Crippen LogP contribution is -1.88. The lowest BCUT2D eigenvalue weighted by molar-refractivity contribution is -0.111. The minimum Gasteiger partial charge on any atom is -0.281 e. The van der Waals surface area contributed by atoms with Gasteiger partial charge in [-0.05, 0) is 23.9 Å². The van der Waals surface area contributed by atoms with Gasteiger partial charge < -0.3 is 0 Å². The smallest absolute Gasteiger partial charge is 0.221 e. The van der Waals surface area contributed by atoms with Crippen molar-refractivity contribution in [3.8, 4) is 0 Å². The van der Waals surface area contributed by atoms with Crippen LogP contribution in [-0.2, 0) is 4.79 Å². The van der Waals surface area contributed by atoms with Crippen LogP contribution in [0.2, 0.25) is 0 Å². The average Bonchev–Trinajstić information content (AvgIpc) is 2.01. The van der Waals surface area contributed by atoms with Gasteiger partial charge >= 0.3 is 0 Å². The molecule has 0 saturated carbocycles. The maximum Gasteiger partial charge on any atom is 0.221 e. The average molecular weight is 205 g/mol. The van der Waals surface area contributed by atoms with Gasteiger partial charge in [0.25, 0.3) is 0 Å². The summed E-state index contributed by atoms with van der Waals surface area (Å²) in [5.74, 6) is 0.824. The maximum absolute atomic E-state index is 10.4. The van der Waals surface area contributed by atoms with E-state index < -0.39 is 0 Å². The molecule has 0 unspecified atom stereocenters. The molecule has 0 aromatic rings. The van der Waals surface area contributed by atoms with Crippen molar-refractivity contribution in [2.45, 2.75) is 58.8 Å². The number of unbranched alkanes of at least 4 members (excludes halogenated alkanes) is 4. The highest BCUT2D eigenvalue weighted by Gasteiger charge is 1.97. The number of hydrogen-bond donors (Lipinski definition) is 0. The van der Waals surface area contributed by atoms with Gasteiger partial charge in [-0.1, -0.05) is 46.0 Å². The fourth-order valence-electron chi connectivity index (χ4n) is 1.35. The lowest BCUT2D eigenvalue weighted by Gasteiger charge is -2.03. The van der Waals surface area contributed by atoms with Crippen LogP contribution < -0.4 is 0 Å². The van der Waals surface area contributed by atoms with Crippen LogP contribution in [0.25, 0.3) is 0 Å². The van der Waals surface area contributed by atoms with Crippen molar-refractivity contribution in [3.63, 3.8) is 0 Å². The summed E-state index contributed by atoms with van der Waals surface area (Å²) < 4.78 is 0. The van der Waals surface area contributed by atoms with Crippen molar-refractivity contribution in [2.24, 2.45) is 5.92 Å². The number of carbonyl (C=O) groups excluding carboxylic acids is 1. The Morgan fingerprint density at radius 2 is 1.62 bits per heavy atom. The zero-order chi connectivity index (χ0) is 10.1. The van der Waals surface area contributed by atoms with E-state index in [2.05, 4.69) is 13.8 Å². The molecule has 0 fully saturated rings. The summed E-state index contributed by atoms with van der Waals surface area (Å²) >= 11 is 5.22. The van der Waals surface area contributed by atoms with Crippen molar-refractivity contribution in [3.05, 3.63) is 0 Å². The molecule has 0 spiro atoms. The van der Waals surface area contributed by atoms with Gasteiger partial charge in [-0.25, -0.2) is 0 Å². The van der Waals surface area contributed by atoms with Crippen molar-refractivity contribution >= 4 is 16.8 Å². The topological polar surface area (TPSA) is 17.1 Å². The highest BCUT2D eigenvalue weighted by Crippen LogP contribution is 2.11. The maximum atomic E-state index is 10.4. The fraction of sp³-hybridized carbons (Fsp3) is 0.909. The molecule has 0 heterocycles. The van der Waals surface area contributed by atoms with E-state index in [1.54, 1.807) is 0 Å². The quantitative estimate of drug-likeness (QED) is 0.429. The molecule has 0 aliphatic carbocycles. The molecule has 0 aliphatic rings. The van der Waals surface area contributed by atoms with Gasteiger partial charge in [0.15, 0.2) is 0 Å². The zero-order valence-electron chi connectivity index (χ0n) is 8.81. The molecule has 2 heteroatoms. The second-order valence-corrected chi connectivity index (χ2v) is 4.48. The molecule has 0 radical (unpaired) electrons. The van der Waals surface area contributed by atoms with Crippen LogP contribution in [0.3, 0.4) is 0 Å². The predicted molar refractivity (Wildman–Crippen MR) is 58.0 cm³/mol. The Bertz CT molecular complexity index is 132. The van der Waals surface area contributed by atoms with Crippen LogP contribution in [0.15, 0.2) is 0 Å². The van der Waals surface area contributed by atoms with E-state index in [4.69, 9.17) is 11.6 Å². The van der Waals surface area contributed by atoms with Crippen LogP contribution >= 0.6 is 11.6 Å². The van der Waals surface area contributed by atoms with Gasteiger partial charge in [0.05, 0.1) is 0 Å². The Kier molecular flexibility index (Phi) is 8.53. The molecule has 13 heavy (non-hydrogen) atoms. The van der Waals surface area contributed by atoms with E-state index >= 15 is 0 Å². The third-order valence-electron chi connectivity index (χ3n) is 2.15. The summed E-state index contributed by atoms with van der Waals surface area (Å²) in [6, 6.07) is 0. The Balaban J connectivity index is 2.96. The number of carbonyl (C=O) groups is 1. The summed E-state index contributed by atoms with van der Waals surface area (Å²) in [6.45, 7) is 4.51. The summed E-state index contributed by atoms with van der Waals surface area (Å²) in [7, 11) is 0. The van der Waals surface area contributed by atoms with Crippen LogP contribution in [0.1, 0.15) is 58.8 Å². The molecular weight excluding hydrogens is 184 g/mol. The Labute approximate surface area is 86.9 Å². The highest BCUT2D eigenvalue weighted by atomic mass is 35.5. The first-order chi connectivity index (χ1) is 6.13. The second-order valence-electron chi connectivity index (χ2n) is 4.06. The summed E-state index contributed by atoms with van der Waals surface area (Å²) in [5.41, 5.74) is 0. The minimum atomic E-state index is -0.192. The van der Waals surface area contributed by atoms with E-state index in [1.165, 1.54) is 25.7 Å². The molecule has 0 saturated heterocycles. The first-order valence-electron chi connectivity index (χ1n) is 5.31. The minimum absolute atomic E-state index is 0.192. The molecular formula is C11H21ClO. The van der Waals surface area contributed by atoms with Crippen LogP contribution in [-0.4, -0.2) is 5.24 Å². The predicted octanol–water partition coefficient (Wildman–Crippen LogP) is 4.14. The van der Waals surface area contributed by atoms with Gasteiger partial charge in [-0.3, -0.25) is 4.79 Å². The third kappa shape index (κ3) is 12.0. The van der Waals surface area contributed by atoms with E-state index in [-0.39, 0.29) is 5.24 Å². The monoisotopic (exact) mass is 204 g/mol. The van der Waals surface area contributed by atoms with Crippen molar-refractivity contribution in [1.82, 2.24) is 0 Å². The molecule has 0 aromatic carbocycles. The van der Waals surface area contributed by atoms with Gasteiger partial charge in [0.1, 0.15) is 0 Å². The SMILES string of the molecule is CC(C)CCCCCCCC(=O)Cl. The molecule has 0 amide bonds. The number of hydrogen-bond acceptors (Lipinski definition) is 1. The lowest BCUT2D eigenvalue weighted by atomic mass is 10.0. The van der Waals surface area contributed by atoms with Gasteiger partial charge in [0, 0.05) is 6.42 Å². The van der Waals surface area contributed by atoms with Crippen LogP contribution in [0.4, 0.5) is 0 Å². The Morgan fingerprint density at radius 3 is 2.15 bits per heavy atom. The normalized spacial score (nSPS) is 10.8. The third-order valence-corrected chi connectivity index (χ3v) is 2.34.